The number of hydrogen-bond acceptors (Lipinski definition) is 7. The van der Waals surface area contributed by atoms with Crippen LogP contribution in [0.2, 0.25) is 0 Å². The van der Waals surface area contributed by atoms with Crippen LogP contribution >= 0.6 is 11.8 Å². The van der Waals surface area contributed by atoms with Gasteiger partial charge in [-0.2, -0.15) is 0 Å². The second kappa shape index (κ2) is 7.58. The first kappa shape index (κ1) is 17.2. The molecule has 2 heterocycles. The van der Waals surface area contributed by atoms with E-state index in [1.165, 1.54) is 22.5 Å². The fourth-order valence-electron chi connectivity index (χ4n) is 2.47. The molecule has 0 bridgehead atoms. The topological polar surface area (TPSA) is 95.7 Å². The second-order valence-electron chi connectivity index (χ2n) is 5.69. The number of nitrogens with zero attached hydrogens (tertiary/aromatic N) is 5. The van der Waals surface area contributed by atoms with Crippen LogP contribution in [0.1, 0.15) is 17.3 Å². The summed E-state index contributed by atoms with van der Waals surface area (Å²) in [6.07, 6.45) is 0.259. The smallest absolute Gasteiger partial charge is 0.247 e. The zero-order chi connectivity index (χ0) is 18.6. The third kappa shape index (κ3) is 3.82. The van der Waals surface area contributed by atoms with Crippen molar-refractivity contribution >= 4 is 11.8 Å². The number of thioether (sulfide) groups is 1. The van der Waals surface area contributed by atoms with Crippen LogP contribution in [0.15, 0.2) is 64.2 Å². The van der Waals surface area contributed by atoms with E-state index in [9.17, 15) is 4.39 Å². The molecule has 0 saturated carbocycles. The van der Waals surface area contributed by atoms with E-state index in [-0.39, 0.29) is 12.2 Å². The predicted octanol–water partition coefficient (Wildman–Crippen LogP) is 3.06. The van der Waals surface area contributed by atoms with Gasteiger partial charge in [0.05, 0.1) is 5.75 Å². The van der Waals surface area contributed by atoms with Crippen molar-refractivity contribution in [1.29, 1.82) is 0 Å². The molecule has 0 unspecified atom stereocenters. The Labute approximate surface area is 158 Å². The van der Waals surface area contributed by atoms with Crippen molar-refractivity contribution in [3.05, 3.63) is 77.7 Å². The normalized spacial score (nSPS) is 11.0. The fraction of sp³-hybridized carbons (Fsp3) is 0.111. The predicted molar refractivity (Wildman–Crippen MR) is 98.7 cm³/mol. The van der Waals surface area contributed by atoms with Crippen molar-refractivity contribution in [3.8, 4) is 11.5 Å². The zero-order valence-corrected chi connectivity index (χ0v) is 14.9. The Morgan fingerprint density at radius 3 is 2.56 bits per heavy atom. The zero-order valence-electron chi connectivity index (χ0n) is 14.1. The van der Waals surface area contributed by atoms with Crippen LogP contribution in [-0.4, -0.2) is 25.1 Å². The maximum absolute atomic E-state index is 13.8. The Morgan fingerprint density at radius 1 is 0.963 bits per heavy atom. The van der Waals surface area contributed by atoms with Crippen LogP contribution in [0.25, 0.3) is 11.5 Å². The van der Waals surface area contributed by atoms with Gasteiger partial charge in [-0.05, 0) is 23.8 Å². The van der Waals surface area contributed by atoms with Crippen molar-refractivity contribution in [1.82, 2.24) is 25.1 Å². The molecule has 0 saturated heterocycles. The summed E-state index contributed by atoms with van der Waals surface area (Å²) >= 11 is 1.32. The molecule has 136 valence electrons. The molecule has 0 spiro atoms. The summed E-state index contributed by atoms with van der Waals surface area (Å²) < 4.78 is 20.8. The molecule has 0 aliphatic rings. The molecule has 9 heteroatoms. The number of benzene rings is 2. The lowest BCUT2D eigenvalue weighted by molar-refractivity contribution is 0.528. The molecule has 0 aliphatic carbocycles. The second-order valence-corrected chi connectivity index (χ2v) is 6.64. The molecule has 0 atom stereocenters. The lowest BCUT2D eigenvalue weighted by Crippen LogP contribution is -2.14. The summed E-state index contributed by atoms with van der Waals surface area (Å²) in [5.74, 6) is 7.53. The van der Waals surface area contributed by atoms with Gasteiger partial charge in [-0.3, -0.25) is 0 Å². The molecule has 4 aromatic rings. The Hall–Kier alpha value is -3.20. The third-order valence-electron chi connectivity index (χ3n) is 3.85. The molecular weight excluding hydrogens is 367 g/mol. The molecule has 0 fully saturated rings. The third-order valence-corrected chi connectivity index (χ3v) is 4.78. The molecule has 0 aliphatic heterocycles. The van der Waals surface area contributed by atoms with Gasteiger partial charge in [0.15, 0.2) is 5.82 Å². The number of hydrogen-bond donors (Lipinski definition) is 1. The van der Waals surface area contributed by atoms with Crippen molar-refractivity contribution in [3.63, 3.8) is 0 Å². The lowest BCUT2D eigenvalue weighted by atomic mass is 10.1. The maximum Gasteiger partial charge on any atom is 0.247 e. The van der Waals surface area contributed by atoms with Crippen molar-refractivity contribution in [2.45, 2.75) is 17.3 Å². The average molecular weight is 382 g/mol. The number of rotatable bonds is 6. The van der Waals surface area contributed by atoms with Crippen LogP contribution in [0.4, 0.5) is 4.39 Å². The first-order valence-corrected chi connectivity index (χ1v) is 9.12. The highest BCUT2D eigenvalue weighted by atomic mass is 32.2. The van der Waals surface area contributed by atoms with Gasteiger partial charge >= 0.3 is 0 Å². The summed E-state index contributed by atoms with van der Waals surface area (Å²) in [6, 6.07) is 16.0. The molecule has 2 aromatic heterocycles. The number of nitrogens with two attached hydrogens (primary N) is 1. The van der Waals surface area contributed by atoms with Crippen molar-refractivity contribution in [2.24, 2.45) is 0 Å². The SMILES string of the molecule is Nn1c(Cc2ccccc2F)nnc1SCc1nnc(-c2ccccc2)o1. The first-order chi connectivity index (χ1) is 13.2. The van der Waals surface area contributed by atoms with Crippen LogP contribution in [0, 0.1) is 5.82 Å². The summed E-state index contributed by atoms with van der Waals surface area (Å²) in [6.45, 7) is 0. The van der Waals surface area contributed by atoms with Gasteiger partial charge in [0.1, 0.15) is 5.82 Å². The highest BCUT2D eigenvalue weighted by molar-refractivity contribution is 7.98. The molecule has 2 aromatic carbocycles. The van der Waals surface area contributed by atoms with Gasteiger partial charge < -0.3 is 10.3 Å². The fourth-order valence-corrected chi connectivity index (χ4v) is 3.19. The standard InChI is InChI=1S/C18H15FN6OS/c19-14-9-5-4-8-13(14)10-15-21-24-18(25(15)20)27-11-16-22-23-17(26-16)12-6-2-1-3-7-12/h1-9H,10-11,20H2. The molecule has 27 heavy (non-hydrogen) atoms. The average Bonchev–Trinajstić information content (AvgIpc) is 3.30. The van der Waals surface area contributed by atoms with Crippen molar-refractivity contribution < 1.29 is 8.81 Å². The van der Waals surface area contributed by atoms with Gasteiger partial charge in [0, 0.05) is 12.0 Å². The van der Waals surface area contributed by atoms with Gasteiger partial charge in [-0.25, -0.2) is 9.07 Å². The molecule has 7 nitrogen and oxygen atoms in total. The Balaban J connectivity index is 1.43. The van der Waals surface area contributed by atoms with E-state index in [1.54, 1.807) is 18.2 Å². The minimum absolute atomic E-state index is 0.259. The molecule has 2 N–H and O–H groups in total. The Kier molecular flexibility index (Phi) is 4.84. The largest absolute Gasteiger partial charge is 0.420 e. The Morgan fingerprint density at radius 2 is 1.74 bits per heavy atom. The summed E-state index contributed by atoms with van der Waals surface area (Å²) in [4.78, 5) is 0. The van der Waals surface area contributed by atoms with Gasteiger partial charge in [-0.1, -0.05) is 48.2 Å². The van der Waals surface area contributed by atoms with E-state index >= 15 is 0 Å². The lowest BCUT2D eigenvalue weighted by Gasteiger charge is -2.04. The number of nitrogen functional groups attached to an aromatic ring is 1. The van der Waals surface area contributed by atoms with Crippen molar-refractivity contribution in [2.75, 3.05) is 5.84 Å². The van der Waals surface area contributed by atoms with E-state index < -0.39 is 0 Å². The quantitative estimate of drug-likeness (QED) is 0.404. The number of aromatic nitrogens is 5. The summed E-state index contributed by atoms with van der Waals surface area (Å²) in [7, 11) is 0. The monoisotopic (exact) mass is 382 g/mol. The molecule has 4 rings (SSSR count). The van der Waals surface area contributed by atoms with Crippen LogP contribution in [-0.2, 0) is 12.2 Å². The minimum Gasteiger partial charge on any atom is -0.420 e. The first-order valence-electron chi connectivity index (χ1n) is 8.14. The molecule has 0 amide bonds. The number of halogens is 1. The van der Waals surface area contributed by atoms with E-state index in [0.29, 0.717) is 34.1 Å². The van der Waals surface area contributed by atoms with E-state index in [1.807, 2.05) is 30.3 Å². The summed E-state index contributed by atoms with van der Waals surface area (Å²) in [5, 5.41) is 16.7. The van der Waals surface area contributed by atoms with Gasteiger partial charge in [0.2, 0.25) is 16.9 Å². The van der Waals surface area contributed by atoms with Gasteiger partial charge in [-0.15, -0.1) is 20.4 Å². The maximum atomic E-state index is 13.8. The van der Waals surface area contributed by atoms with Crippen LogP contribution in [0.5, 0.6) is 0 Å². The van der Waals surface area contributed by atoms with Gasteiger partial charge in [0.25, 0.3) is 0 Å². The van der Waals surface area contributed by atoms with Crippen LogP contribution in [0.3, 0.4) is 0 Å². The van der Waals surface area contributed by atoms with Crippen LogP contribution < -0.4 is 5.84 Å². The Bertz CT molecular complexity index is 1050. The van der Waals surface area contributed by atoms with E-state index in [0.717, 1.165) is 5.56 Å². The summed E-state index contributed by atoms with van der Waals surface area (Å²) in [5.41, 5.74) is 1.37. The molecule has 0 radical (unpaired) electrons. The van der Waals surface area contributed by atoms with E-state index in [2.05, 4.69) is 20.4 Å². The highest BCUT2D eigenvalue weighted by Gasteiger charge is 2.15. The highest BCUT2D eigenvalue weighted by Crippen LogP contribution is 2.23. The molecular formula is C18H15FN6OS. The minimum atomic E-state index is -0.297. The van der Waals surface area contributed by atoms with E-state index in [4.69, 9.17) is 10.3 Å².